The zero-order valence-electron chi connectivity index (χ0n) is 13.3. The number of rotatable bonds is 5. The third-order valence-corrected chi connectivity index (χ3v) is 4.03. The highest BCUT2D eigenvalue weighted by Crippen LogP contribution is 2.17. The van der Waals surface area contributed by atoms with Crippen molar-refractivity contribution < 1.29 is 9.59 Å². The first kappa shape index (κ1) is 17.2. The molecule has 23 heavy (non-hydrogen) atoms. The maximum Gasteiger partial charge on any atom is 0.243 e. The molecule has 122 valence electrons. The first-order valence-electron chi connectivity index (χ1n) is 7.18. The number of aromatic nitrogens is 2. The Morgan fingerprint density at radius 1 is 1.17 bits per heavy atom. The summed E-state index contributed by atoms with van der Waals surface area (Å²) >= 11 is 3.35. The van der Waals surface area contributed by atoms with Gasteiger partial charge in [-0.3, -0.25) is 14.3 Å². The summed E-state index contributed by atoms with van der Waals surface area (Å²) in [5.41, 5.74) is 3.21. The van der Waals surface area contributed by atoms with Crippen LogP contribution in [-0.4, -0.2) is 28.1 Å². The number of carbonyl (C=O) groups excluding carboxylic acids is 2. The van der Waals surface area contributed by atoms with Gasteiger partial charge in [-0.25, -0.2) is 0 Å². The third kappa shape index (κ3) is 4.66. The van der Waals surface area contributed by atoms with Crippen LogP contribution in [0.25, 0.3) is 0 Å². The van der Waals surface area contributed by atoms with Crippen LogP contribution in [0, 0.1) is 13.8 Å². The maximum absolute atomic E-state index is 12.0. The van der Waals surface area contributed by atoms with Gasteiger partial charge in [0.25, 0.3) is 0 Å². The lowest BCUT2D eigenvalue weighted by Gasteiger charge is -2.07. The fraction of sp³-hybridized carbons (Fsp3) is 0.312. The number of nitrogens with zero attached hydrogens (tertiary/aromatic N) is 2. The Hall–Kier alpha value is -2.15. The van der Waals surface area contributed by atoms with Gasteiger partial charge in [-0.2, -0.15) is 5.10 Å². The molecule has 1 heterocycles. The van der Waals surface area contributed by atoms with Crippen molar-refractivity contribution in [3.63, 3.8) is 0 Å². The normalized spacial score (nSPS) is 10.4. The first-order valence-corrected chi connectivity index (χ1v) is 7.97. The minimum Gasteiger partial charge on any atom is -0.347 e. The summed E-state index contributed by atoms with van der Waals surface area (Å²) in [7, 11) is 1.82. The predicted molar refractivity (Wildman–Crippen MR) is 92.2 cm³/mol. The molecule has 0 bridgehead atoms. The molecular weight excluding hydrogens is 360 g/mol. The topological polar surface area (TPSA) is 76.0 Å². The minimum atomic E-state index is -0.270. The van der Waals surface area contributed by atoms with Crippen LogP contribution in [0.4, 0.5) is 5.69 Å². The molecule has 0 atom stereocenters. The van der Waals surface area contributed by atoms with Gasteiger partial charge in [0.05, 0.1) is 30.0 Å². The van der Waals surface area contributed by atoms with Gasteiger partial charge in [0.15, 0.2) is 0 Å². The van der Waals surface area contributed by atoms with Crippen LogP contribution in [0.3, 0.4) is 0 Å². The van der Waals surface area contributed by atoms with E-state index in [1.165, 1.54) is 0 Å². The molecule has 1 aromatic carbocycles. The molecule has 2 amide bonds. The van der Waals surface area contributed by atoms with Crippen LogP contribution in [0.1, 0.15) is 17.0 Å². The van der Waals surface area contributed by atoms with E-state index in [0.29, 0.717) is 5.69 Å². The van der Waals surface area contributed by atoms with E-state index in [1.807, 2.05) is 45.2 Å². The molecule has 0 aliphatic carbocycles. The van der Waals surface area contributed by atoms with Crippen molar-refractivity contribution in [1.82, 2.24) is 15.1 Å². The average Bonchev–Trinajstić information content (AvgIpc) is 2.74. The van der Waals surface area contributed by atoms with Crippen molar-refractivity contribution in [1.29, 1.82) is 0 Å². The Bertz CT molecular complexity index is 722. The number of amides is 2. The fourth-order valence-corrected chi connectivity index (χ4v) is 2.43. The van der Waals surface area contributed by atoms with Crippen molar-refractivity contribution >= 4 is 33.4 Å². The van der Waals surface area contributed by atoms with Crippen LogP contribution < -0.4 is 10.6 Å². The van der Waals surface area contributed by atoms with Gasteiger partial charge >= 0.3 is 0 Å². The quantitative estimate of drug-likeness (QED) is 0.836. The molecule has 0 aliphatic rings. The van der Waals surface area contributed by atoms with E-state index in [0.717, 1.165) is 21.4 Å². The number of hydrogen-bond acceptors (Lipinski definition) is 3. The Labute approximate surface area is 143 Å². The van der Waals surface area contributed by atoms with Gasteiger partial charge in [0.2, 0.25) is 11.8 Å². The Balaban J connectivity index is 1.84. The monoisotopic (exact) mass is 378 g/mol. The Morgan fingerprint density at radius 3 is 2.39 bits per heavy atom. The van der Waals surface area contributed by atoms with Gasteiger partial charge in [-0.1, -0.05) is 28.1 Å². The van der Waals surface area contributed by atoms with Crippen LogP contribution in [0.2, 0.25) is 0 Å². The summed E-state index contributed by atoms with van der Waals surface area (Å²) in [6.07, 6.45) is 0.242. The summed E-state index contributed by atoms with van der Waals surface area (Å²) < 4.78 is 2.67. The lowest BCUT2D eigenvalue weighted by Crippen LogP contribution is -2.34. The Kier molecular flexibility index (Phi) is 5.54. The molecule has 2 rings (SSSR count). The van der Waals surface area contributed by atoms with Gasteiger partial charge in [0, 0.05) is 11.5 Å². The molecule has 0 aliphatic heterocycles. The number of benzene rings is 1. The number of aryl methyl sites for hydroxylation is 2. The summed E-state index contributed by atoms with van der Waals surface area (Å²) in [6.45, 7) is 3.64. The second kappa shape index (κ2) is 7.41. The molecule has 2 N–H and O–H groups in total. The van der Waals surface area contributed by atoms with Gasteiger partial charge < -0.3 is 10.6 Å². The summed E-state index contributed by atoms with van der Waals surface area (Å²) in [6, 6.07) is 7.49. The first-order chi connectivity index (χ1) is 10.9. The van der Waals surface area contributed by atoms with Crippen molar-refractivity contribution in [3.05, 3.63) is 45.7 Å². The second-order valence-electron chi connectivity index (χ2n) is 5.30. The van der Waals surface area contributed by atoms with Gasteiger partial charge in [-0.05, 0) is 31.5 Å². The van der Waals surface area contributed by atoms with E-state index in [1.54, 1.807) is 4.68 Å². The molecule has 6 nitrogen and oxygen atoms in total. The zero-order chi connectivity index (χ0) is 17.0. The molecule has 0 unspecified atom stereocenters. The molecule has 0 spiro atoms. The molecule has 0 saturated heterocycles. The van der Waals surface area contributed by atoms with E-state index < -0.39 is 0 Å². The molecule has 2 aromatic rings. The number of anilines is 1. The van der Waals surface area contributed by atoms with E-state index >= 15 is 0 Å². The number of nitrogens with one attached hydrogen (secondary N) is 2. The largest absolute Gasteiger partial charge is 0.347 e. The maximum atomic E-state index is 12.0. The van der Waals surface area contributed by atoms with Crippen molar-refractivity contribution in [2.24, 2.45) is 7.05 Å². The lowest BCUT2D eigenvalue weighted by molar-refractivity contribution is -0.123. The van der Waals surface area contributed by atoms with E-state index in [4.69, 9.17) is 0 Å². The summed E-state index contributed by atoms with van der Waals surface area (Å²) in [5.74, 6) is -0.463. The van der Waals surface area contributed by atoms with Crippen molar-refractivity contribution in [3.8, 4) is 0 Å². The lowest BCUT2D eigenvalue weighted by atomic mass is 10.1. The van der Waals surface area contributed by atoms with Crippen LogP contribution in [0.15, 0.2) is 28.7 Å². The number of hydrogen-bond donors (Lipinski definition) is 2. The summed E-state index contributed by atoms with van der Waals surface area (Å²) in [5, 5.41) is 9.64. The van der Waals surface area contributed by atoms with Gasteiger partial charge in [-0.15, -0.1) is 0 Å². The number of halogens is 1. The average molecular weight is 379 g/mol. The standard InChI is InChI=1S/C16H19BrN4O2/c1-10-16(11(2)21(3)20-10)19-15(23)9-18-14(22)8-12-4-6-13(17)7-5-12/h4-7H,8-9H2,1-3H3,(H,18,22)(H,19,23). The van der Waals surface area contributed by atoms with Crippen molar-refractivity contribution in [2.75, 3.05) is 11.9 Å². The molecule has 7 heteroatoms. The van der Waals surface area contributed by atoms with E-state index in [2.05, 4.69) is 31.7 Å². The molecule has 0 saturated carbocycles. The SMILES string of the molecule is Cc1nn(C)c(C)c1NC(=O)CNC(=O)Cc1ccc(Br)cc1. The van der Waals surface area contributed by atoms with Crippen LogP contribution in [0.5, 0.6) is 0 Å². The molecule has 0 fully saturated rings. The van der Waals surface area contributed by atoms with Gasteiger partial charge in [0.1, 0.15) is 0 Å². The summed E-state index contributed by atoms with van der Waals surface area (Å²) in [4.78, 5) is 23.8. The van der Waals surface area contributed by atoms with Crippen molar-refractivity contribution in [2.45, 2.75) is 20.3 Å². The van der Waals surface area contributed by atoms with Crippen LogP contribution in [-0.2, 0) is 23.1 Å². The van der Waals surface area contributed by atoms with E-state index in [-0.39, 0.29) is 24.8 Å². The second-order valence-corrected chi connectivity index (χ2v) is 6.21. The van der Waals surface area contributed by atoms with Crippen LogP contribution >= 0.6 is 15.9 Å². The molecule has 1 aromatic heterocycles. The minimum absolute atomic E-state index is 0.0663. The zero-order valence-corrected chi connectivity index (χ0v) is 14.9. The molecular formula is C16H19BrN4O2. The highest BCUT2D eigenvalue weighted by molar-refractivity contribution is 9.10. The Morgan fingerprint density at radius 2 is 1.83 bits per heavy atom. The highest BCUT2D eigenvalue weighted by Gasteiger charge is 2.13. The highest BCUT2D eigenvalue weighted by atomic mass is 79.9. The number of carbonyl (C=O) groups is 2. The molecule has 0 radical (unpaired) electrons. The third-order valence-electron chi connectivity index (χ3n) is 3.50. The van der Waals surface area contributed by atoms with E-state index in [9.17, 15) is 9.59 Å². The predicted octanol–water partition coefficient (Wildman–Crippen LogP) is 2.10. The fourth-order valence-electron chi connectivity index (χ4n) is 2.17. The smallest absolute Gasteiger partial charge is 0.243 e.